The minimum atomic E-state index is -0.417. The molecular weight excluding hydrogens is 439 g/mol. The maximum absolute atomic E-state index is 13.6. The van der Waals surface area contributed by atoms with Crippen LogP contribution in [0.3, 0.4) is 0 Å². The quantitative estimate of drug-likeness (QED) is 0.350. The maximum atomic E-state index is 13.6. The fourth-order valence-corrected chi connectivity index (χ4v) is 3.71. The molecule has 6 nitrogen and oxygen atoms in total. The summed E-state index contributed by atoms with van der Waals surface area (Å²) in [4.78, 5) is 11.1. The molecule has 33 heavy (non-hydrogen) atoms. The predicted molar refractivity (Wildman–Crippen MR) is 133 cm³/mol. The molecule has 1 atom stereocenters. The van der Waals surface area contributed by atoms with Crippen LogP contribution in [0.2, 0.25) is 5.02 Å². The van der Waals surface area contributed by atoms with Gasteiger partial charge in [-0.2, -0.15) is 5.10 Å². The molecule has 0 aliphatic heterocycles. The normalized spacial score (nSPS) is 12.7. The zero-order valence-electron chi connectivity index (χ0n) is 19.0. The first-order valence-electron chi connectivity index (χ1n) is 10.8. The molecule has 0 saturated heterocycles. The lowest BCUT2D eigenvalue weighted by Crippen LogP contribution is -2.18. The molecule has 1 N–H and O–H groups in total. The second-order valence-corrected chi connectivity index (χ2v) is 7.77. The van der Waals surface area contributed by atoms with Gasteiger partial charge in [0.15, 0.2) is 0 Å². The summed E-state index contributed by atoms with van der Waals surface area (Å²) in [6.45, 7) is 8.67. The number of anilines is 2. The van der Waals surface area contributed by atoms with Gasteiger partial charge in [-0.05, 0) is 49.4 Å². The smallest absolute Gasteiger partial charge is 0.228 e. The van der Waals surface area contributed by atoms with Crippen LogP contribution < -0.4 is 5.32 Å². The number of allylic oxidation sites excluding steroid dienone is 4. The van der Waals surface area contributed by atoms with E-state index in [2.05, 4.69) is 38.8 Å². The number of hydrogen-bond acceptors (Lipinski definition) is 5. The molecule has 0 fully saturated rings. The molecule has 0 aliphatic rings. The van der Waals surface area contributed by atoms with Crippen LogP contribution in [0.15, 0.2) is 73.7 Å². The first-order chi connectivity index (χ1) is 16.0. The second kappa shape index (κ2) is 11.4. The van der Waals surface area contributed by atoms with E-state index >= 15 is 0 Å². The van der Waals surface area contributed by atoms with Crippen LogP contribution >= 0.6 is 11.6 Å². The van der Waals surface area contributed by atoms with Crippen molar-refractivity contribution in [2.75, 3.05) is 12.4 Å². The van der Waals surface area contributed by atoms with Gasteiger partial charge in [0.2, 0.25) is 5.95 Å². The molecule has 0 aliphatic carbocycles. The number of aryl methyl sites for hydroxylation is 1. The molecule has 0 radical (unpaired) electrons. The number of rotatable bonds is 10. The van der Waals surface area contributed by atoms with Gasteiger partial charge in [-0.25, -0.2) is 19.0 Å². The van der Waals surface area contributed by atoms with Gasteiger partial charge in [-0.15, -0.1) is 0 Å². The molecular formula is C25H28ClFN6. The second-order valence-electron chi connectivity index (χ2n) is 7.36. The molecule has 1 aromatic carbocycles. The third-order valence-corrected chi connectivity index (χ3v) is 5.49. The Labute approximate surface area is 199 Å². The molecule has 172 valence electrons. The lowest BCUT2D eigenvalue weighted by atomic mass is 10.0. The van der Waals surface area contributed by atoms with Crippen LogP contribution in [-0.2, 0) is 6.54 Å². The maximum Gasteiger partial charge on any atom is 0.228 e. The van der Waals surface area contributed by atoms with Crippen molar-refractivity contribution < 1.29 is 4.39 Å². The van der Waals surface area contributed by atoms with Crippen LogP contribution in [0.5, 0.6) is 0 Å². The van der Waals surface area contributed by atoms with Gasteiger partial charge in [0, 0.05) is 31.4 Å². The summed E-state index contributed by atoms with van der Waals surface area (Å²) in [6, 6.07) is 8.62. The predicted octanol–water partition coefficient (Wildman–Crippen LogP) is 6.40. The molecule has 2 heterocycles. The summed E-state index contributed by atoms with van der Waals surface area (Å²) < 4.78 is 15.4. The number of halogens is 2. The van der Waals surface area contributed by atoms with Crippen molar-refractivity contribution in [2.24, 2.45) is 0 Å². The fraction of sp³-hybridized carbons (Fsp3) is 0.240. The Morgan fingerprint density at radius 3 is 2.79 bits per heavy atom. The average Bonchev–Trinajstić information content (AvgIpc) is 3.26. The molecule has 3 aromatic rings. The van der Waals surface area contributed by atoms with Gasteiger partial charge in [0.25, 0.3) is 0 Å². The van der Waals surface area contributed by atoms with Crippen molar-refractivity contribution in [1.82, 2.24) is 24.6 Å². The summed E-state index contributed by atoms with van der Waals surface area (Å²) >= 11 is 6.00. The van der Waals surface area contributed by atoms with Gasteiger partial charge in [0.05, 0.1) is 23.0 Å². The van der Waals surface area contributed by atoms with E-state index in [1.54, 1.807) is 30.6 Å². The van der Waals surface area contributed by atoms with Gasteiger partial charge < -0.3 is 10.2 Å². The zero-order valence-corrected chi connectivity index (χ0v) is 19.8. The third kappa shape index (κ3) is 6.08. The van der Waals surface area contributed by atoms with Crippen molar-refractivity contribution in [3.8, 4) is 0 Å². The van der Waals surface area contributed by atoms with Crippen LogP contribution in [0.25, 0.3) is 5.57 Å². The van der Waals surface area contributed by atoms with E-state index in [4.69, 9.17) is 11.6 Å². The number of nitrogens with zero attached hydrogens (tertiary/aromatic N) is 5. The monoisotopic (exact) mass is 466 g/mol. The summed E-state index contributed by atoms with van der Waals surface area (Å²) in [7, 11) is 1.98. The molecule has 0 bridgehead atoms. The molecule has 0 amide bonds. The van der Waals surface area contributed by atoms with E-state index in [0.717, 1.165) is 35.6 Å². The topological polar surface area (TPSA) is 58.9 Å². The van der Waals surface area contributed by atoms with Crippen LogP contribution in [0.4, 0.5) is 16.2 Å². The number of hydrogen-bond donors (Lipinski definition) is 1. The highest BCUT2D eigenvalue weighted by atomic mass is 35.5. The van der Waals surface area contributed by atoms with Gasteiger partial charge in [0.1, 0.15) is 11.6 Å². The molecule has 0 spiro atoms. The highest BCUT2D eigenvalue weighted by Crippen LogP contribution is 2.27. The van der Waals surface area contributed by atoms with Gasteiger partial charge >= 0.3 is 0 Å². The summed E-state index contributed by atoms with van der Waals surface area (Å²) in [5.41, 5.74) is 2.57. The average molecular weight is 467 g/mol. The largest absolute Gasteiger partial charge is 0.373 e. The SMILES string of the molecule is C=C/C=C(\C=C/N(C)C(CC)c1ccc(F)c(Cl)c1)c1ccnc(Nc2ccnn2CC)n1. The van der Waals surface area contributed by atoms with Crippen LogP contribution in [0.1, 0.15) is 37.6 Å². The van der Waals surface area contributed by atoms with Gasteiger partial charge in [-0.3, -0.25) is 0 Å². The van der Waals surface area contributed by atoms with E-state index in [-0.39, 0.29) is 11.1 Å². The number of aromatic nitrogens is 4. The third-order valence-electron chi connectivity index (χ3n) is 5.20. The summed E-state index contributed by atoms with van der Waals surface area (Å²) in [5.74, 6) is 0.884. The standard InChI is InChI=1S/C25H28ClFN6/c1-5-8-18(13-16-32(4)23(6-2)19-9-10-21(27)20(26)17-19)22-11-14-28-25(30-22)31-24-12-15-29-33(24)7-3/h5,8-17,23H,1,6-7H2,2-4H3,(H,28,30,31)/b16-13-,18-8+. The Hall–Kier alpha value is -3.45. The van der Waals surface area contributed by atoms with Crippen molar-refractivity contribution in [1.29, 1.82) is 0 Å². The minimum Gasteiger partial charge on any atom is -0.373 e. The Bertz CT molecular complexity index is 1150. The Morgan fingerprint density at radius 2 is 2.09 bits per heavy atom. The Morgan fingerprint density at radius 1 is 1.27 bits per heavy atom. The molecule has 8 heteroatoms. The van der Waals surface area contributed by atoms with E-state index in [1.165, 1.54) is 6.07 Å². The van der Waals surface area contributed by atoms with Crippen molar-refractivity contribution >= 4 is 28.9 Å². The zero-order chi connectivity index (χ0) is 23.8. The van der Waals surface area contributed by atoms with E-state index in [1.807, 2.05) is 49.1 Å². The lowest BCUT2D eigenvalue weighted by Gasteiger charge is -2.26. The Balaban J connectivity index is 1.82. The van der Waals surface area contributed by atoms with Crippen LogP contribution in [0, 0.1) is 5.82 Å². The summed E-state index contributed by atoms with van der Waals surface area (Å²) in [6.07, 6.45) is 11.8. The van der Waals surface area contributed by atoms with Gasteiger partial charge in [-0.1, -0.05) is 43.3 Å². The van der Waals surface area contributed by atoms with Crippen molar-refractivity contribution in [2.45, 2.75) is 32.9 Å². The lowest BCUT2D eigenvalue weighted by molar-refractivity contribution is 0.328. The molecule has 2 aromatic heterocycles. The van der Waals surface area contributed by atoms with Crippen molar-refractivity contribution in [3.05, 3.63) is 95.8 Å². The Kier molecular flexibility index (Phi) is 8.38. The minimum absolute atomic E-state index is 0.0429. The first-order valence-corrected chi connectivity index (χ1v) is 11.1. The van der Waals surface area contributed by atoms with E-state index < -0.39 is 5.82 Å². The number of benzene rings is 1. The van der Waals surface area contributed by atoms with Crippen molar-refractivity contribution in [3.63, 3.8) is 0 Å². The number of nitrogens with one attached hydrogen (secondary N) is 1. The summed E-state index contributed by atoms with van der Waals surface area (Å²) in [5, 5.41) is 7.59. The molecule has 1 unspecified atom stereocenters. The molecule has 0 saturated carbocycles. The molecule has 3 rings (SSSR count). The van der Waals surface area contributed by atoms with E-state index in [0.29, 0.717) is 5.95 Å². The highest BCUT2D eigenvalue weighted by molar-refractivity contribution is 6.30. The van der Waals surface area contributed by atoms with Crippen LogP contribution in [-0.4, -0.2) is 31.7 Å². The first kappa shape index (κ1) is 24.2. The highest BCUT2D eigenvalue weighted by Gasteiger charge is 2.14. The fourth-order valence-electron chi connectivity index (χ4n) is 3.52. The van der Waals surface area contributed by atoms with E-state index in [9.17, 15) is 4.39 Å².